The number of unbranched alkanes of at least 4 members (excludes halogenated alkanes) is 2. The van der Waals surface area contributed by atoms with Gasteiger partial charge in [0.2, 0.25) is 11.9 Å². The molecule has 2 aromatic heterocycles. The Hall–Kier alpha value is -2.82. The summed E-state index contributed by atoms with van der Waals surface area (Å²) < 4.78 is 70.2. The molecule has 0 saturated carbocycles. The number of hydrogen-bond donors (Lipinski definition) is 1. The summed E-state index contributed by atoms with van der Waals surface area (Å²) in [4.78, 5) is 16.5. The van der Waals surface area contributed by atoms with E-state index >= 15 is 0 Å². The number of amides is 1. The van der Waals surface area contributed by atoms with Gasteiger partial charge in [0, 0.05) is 0 Å². The van der Waals surface area contributed by atoms with Crippen LogP contribution in [0.5, 0.6) is 0 Å². The highest BCUT2D eigenvalue weighted by Crippen LogP contribution is 2.32. The fourth-order valence-corrected chi connectivity index (χ4v) is 4.38. The van der Waals surface area contributed by atoms with E-state index in [4.69, 9.17) is 4.42 Å². The molecule has 0 saturated heterocycles. The van der Waals surface area contributed by atoms with Gasteiger partial charge in [-0.2, -0.15) is 13.2 Å². The van der Waals surface area contributed by atoms with Crippen molar-refractivity contribution in [2.75, 3.05) is 16.8 Å². The SMILES string of the molecule is CCCCCS(=O)(=O)CC(=O)Nc1nc2cc(C(F)(F)F)ccc2n1Cc1ccco1. The Labute approximate surface area is 177 Å². The molecule has 0 atom stereocenters. The second-order valence-corrected chi connectivity index (χ2v) is 9.33. The monoisotopic (exact) mass is 457 g/mol. The third kappa shape index (κ3) is 5.87. The van der Waals surface area contributed by atoms with Crippen LogP contribution in [0, 0.1) is 0 Å². The van der Waals surface area contributed by atoms with E-state index in [2.05, 4.69) is 10.3 Å². The number of fused-ring (bicyclic) bond motifs is 1. The second-order valence-electron chi connectivity index (χ2n) is 7.15. The van der Waals surface area contributed by atoms with E-state index < -0.39 is 33.2 Å². The van der Waals surface area contributed by atoms with Gasteiger partial charge in [0.25, 0.3) is 0 Å². The first-order valence-electron chi connectivity index (χ1n) is 9.69. The van der Waals surface area contributed by atoms with E-state index in [1.54, 1.807) is 12.1 Å². The first-order chi connectivity index (χ1) is 14.6. The highest BCUT2D eigenvalue weighted by atomic mass is 32.2. The zero-order valence-corrected chi connectivity index (χ0v) is 17.6. The van der Waals surface area contributed by atoms with Crippen molar-refractivity contribution in [1.29, 1.82) is 0 Å². The molecule has 0 fully saturated rings. The van der Waals surface area contributed by atoms with Crippen molar-refractivity contribution in [3.05, 3.63) is 47.9 Å². The number of nitrogens with one attached hydrogen (secondary N) is 1. The Morgan fingerprint density at radius 2 is 2.00 bits per heavy atom. The molecule has 31 heavy (non-hydrogen) atoms. The molecule has 168 valence electrons. The fourth-order valence-electron chi connectivity index (χ4n) is 3.12. The third-order valence-electron chi connectivity index (χ3n) is 4.63. The van der Waals surface area contributed by atoms with Crippen molar-refractivity contribution < 1.29 is 30.8 Å². The standard InChI is InChI=1S/C20H22F3N3O4S/c1-2-3-4-10-31(28,29)13-18(27)25-19-24-16-11-14(20(21,22)23)7-8-17(16)26(19)12-15-6-5-9-30-15/h5-9,11H,2-4,10,12-13H2,1H3,(H,24,25,27). The Morgan fingerprint density at radius 1 is 1.23 bits per heavy atom. The summed E-state index contributed by atoms with van der Waals surface area (Å²) in [6.07, 6.45) is -1.06. The summed E-state index contributed by atoms with van der Waals surface area (Å²) in [6.45, 7) is 2.03. The normalized spacial score (nSPS) is 12.4. The molecule has 1 aromatic carbocycles. The summed E-state index contributed by atoms with van der Waals surface area (Å²) >= 11 is 0. The lowest BCUT2D eigenvalue weighted by atomic mass is 10.2. The quantitative estimate of drug-likeness (QED) is 0.485. The van der Waals surface area contributed by atoms with Gasteiger partial charge in [-0.3, -0.25) is 10.1 Å². The number of hydrogen-bond acceptors (Lipinski definition) is 5. The molecular weight excluding hydrogens is 435 g/mol. The number of imidazole rings is 1. The minimum Gasteiger partial charge on any atom is -0.467 e. The van der Waals surface area contributed by atoms with E-state index in [9.17, 15) is 26.4 Å². The van der Waals surface area contributed by atoms with Crippen molar-refractivity contribution in [2.24, 2.45) is 0 Å². The molecule has 3 aromatic rings. The van der Waals surface area contributed by atoms with Crippen molar-refractivity contribution in [3.8, 4) is 0 Å². The third-order valence-corrected chi connectivity index (χ3v) is 6.24. The van der Waals surface area contributed by atoms with Crippen LogP contribution in [0.15, 0.2) is 41.0 Å². The predicted molar refractivity (Wildman–Crippen MR) is 109 cm³/mol. The lowest BCUT2D eigenvalue weighted by molar-refractivity contribution is -0.137. The van der Waals surface area contributed by atoms with Crippen LogP contribution in [0.25, 0.3) is 11.0 Å². The molecule has 1 N–H and O–H groups in total. The van der Waals surface area contributed by atoms with Crippen LogP contribution in [-0.2, 0) is 27.4 Å². The number of carbonyl (C=O) groups is 1. The summed E-state index contributed by atoms with van der Waals surface area (Å²) in [6, 6.07) is 6.37. The van der Waals surface area contributed by atoms with Crippen molar-refractivity contribution in [2.45, 2.75) is 38.9 Å². The molecule has 0 unspecified atom stereocenters. The van der Waals surface area contributed by atoms with E-state index in [0.717, 1.165) is 25.0 Å². The number of aromatic nitrogens is 2. The van der Waals surface area contributed by atoms with Crippen LogP contribution in [0.2, 0.25) is 0 Å². The van der Waals surface area contributed by atoms with Gasteiger partial charge in [-0.15, -0.1) is 0 Å². The number of anilines is 1. The van der Waals surface area contributed by atoms with Crippen LogP contribution in [-0.4, -0.2) is 35.4 Å². The number of rotatable bonds is 9. The molecule has 0 spiro atoms. The number of benzene rings is 1. The first-order valence-corrected chi connectivity index (χ1v) is 11.5. The maximum atomic E-state index is 13.1. The topological polar surface area (TPSA) is 94.2 Å². The molecule has 0 bridgehead atoms. The number of carbonyl (C=O) groups excluding carboxylic acids is 1. The fraction of sp³-hybridized carbons (Fsp3) is 0.400. The van der Waals surface area contributed by atoms with E-state index in [0.29, 0.717) is 17.7 Å². The number of halogens is 3. The molecule has 0 aliphatic rings. The number of alkyl halides is 3. The van der Waals surface area contributed by atoms with E-state index in [-0.39, 0.29) is 23.8 Å². The van der Waals surface area contributed by atoms with Crippen LogP contribution >= 0.6 is 0 Å². The minimum absolute atomic E-state index is 0.0162. The van der Waals surface area contributed by atoms with Crippen molar-refractivity contribution in [3.63, 3.8) is 0 Å². The van der Waals surface area contributed by atoms with Gasteiger partial charge in [-0.05, 0) is 36.8 Å². The lowest BCUT2D eigenvalue weighted by Gasteiger charge is -2.10. The number of nitrogens with zero attached hydrogens (tertiary/aromatic N) is 2. The zero-order chi connectivity index (χ0) is 22.6. The molecule has 0 aliphatic carbocycles. The molecule has 0 aliphatic heterocycles. The molecule has 0 radical (unpaired) electrons. The van der Waals surface area contributed by atoms with Gasteiger partial charge in [-0.25, -0.2) is 13.4 Å². The lowest BCUT2D eigenvalue weighted by Crippen LogP contribution is -2.26. The predicted octanol–water partition coefficient (Wildman–Crippen LogP) is 4.24. The van der Waals surface area contributed by atoms with Gasteiger partial charge in [0.05, 0.1) is 35.2 Å². The second kappa shape index (κ2) is 9.13. The zero-order valence-electron chi connectivity index (χ0n) is 16.8. The van der Waals surface area contributed by atoms with Crippen LogP contribution in [0.1, 0.15) is 37.5 Å². The van der Waals surface area contributed by atoms with Crippen molar-refractivity contribution >= 4 is 32.7 Å². The largest absolute Gasteiger partial charge is 0.467 e. The maximum Gasteiger partial charge on any atom is 0.416 e. The van der Waals surface area contributed by atoms with Crippen molar-refractivity contribution in [1.82, 2.24) is 9.55 Å². The Bertz CT molecular complexity index is 1150. The number of furan rings is 1. The van der Waals surface area contributed by atoms with Gasteiger partial charge >= 0.3 is 6.18 Å². The average Bonchev–Trinajstić information content (AvgIpc) is 3.29. The van der Waals surface area contributed by atoms with Gasteiger partial charge < -0.3 is 8.98 Å². The van der Waals surface area contributed by atoms with Crippen LogP contribution in [0.3, 0.4) is 0 Å². The molecule has 1 amide bonds. The summed E-state index contributed by atoms with van der Waals surface area (Å²) in [5.41, 5.74) is -0.521. The van der Waals surface area contributed by atoms with E-state index in [1.807, 2.05) is 6.92 Å². The Morgan fingerprint density at radius 3 is 2.65 bits per heavy atom. The van der Waals surface area contributed by atoms with E-state index in [1.165, 1.54) is 16.9 Å². The maximum absolute atomic E-state index is 13.1. The molecule has 3 rings (SSSR count). The Kier molecular flexibility index (Phi) is 6.73. The summed E-state index contributed by atoms with van der Waals surface area (Å²) in [5, 5.41) is 2.43. The summed E-state index contributed by atoms with van der Waals surface area (Å²) in [5.74, 6) is -1.20. The van der Waals surface area contributed by atoms with Crippen LogP contribution in [0.4, 0.5) is 19.1 Å². The molecule has 7 nitrogen and oxygen atoms in total. The molecule has 11 heteroatoms. The highest BCUT2D eigenvalue weighted by Gasteiger charge is 2.31. The van der Waals surface area contributed by atoms with Gasteiger partial charge in [-0.1, -0.05) is 19.8 Å². The Balaban J connectivity index is 1.89. The highest BCUT2D eigenvalue weighted by molar-refractivity contribution is 7.92. The minimum atomic E-state index is -4.55. The van der Waals surface area contributed by atoms with Gasteiger partial charge in [0.15, 0.2) is 9.84 Å². The molecule has 2 heterocycles. The smallest absolute Gasteiger partial charge is 0.416 e. The average molecular weight is 457 g/mol. The molecular formula is C20H22F3N3O4S. The van der Waals surface area contributed by atoms with Crippen LogP contribution < -0.4 is 5.32 Å². The number of sulfone groups is 1. The van der Waals surface area contributed by atoms with Gasteiger partial charge in [0.1, 0.15) is 11.5 Å². The summed E-state index contributed by atoms with van der Waals surface area (Å²) in [7, 11) is -3.61. The first kappa shape index (κ1) is 22.9.